The smallest absolute Gasteiger partial charge is 0.277 e. The van der Waals surface area contributed by atoms with Crippen LogP contribution < -0.4 is 4.90 Å². The highest BCUT2D eigenvalue weighted by Gasteiger charge is 2.26. The number of benzene rings is 1. The average Bonchev–Trinajstić information content (AvgIpc) is 3.07. The van der Waals surface area contributed by atoms with Crippen LogP contribution in [0, 0.1) is 0 Å². The van der Waals surface area contributed by atoms with Crippen molar-refractivity contribution in [3.05, 3.63) is 59.9 Å². The van der Waals surface area contributed by atoms with E-state index in [-0.39, 0.29) is 5.91 Å². The number of carbonyl (C=O) groups excluding carboxylic acids is 1. The maximum absolute atomic E-state index is 13.1. The molecule has 0 spiro atoms. The van der Waals surface area contributed by atoms with Crippen LogP contribution in [-0.4, -0.2) is 27.7 Å². The summed E-state index contributed by atoms with van der Waals surface area (Å²) in [5.74, 6) is -0.0290. The molecule has 4 nitrogen and oxygen atoms in total. The number of carbonyl (C=O) groups is 1. The molecule has 0 bridgehead atoms. The molecule has 126 valence electrons. The van der Waals surface area contributed by atoms with E-state index in [4.69, 9.17) is 0 Å². The van der Waals surface area contributed by atoms with Crippen molar-refractivity contribution in [1.82, 2.24) is 9.97 Å². The van der Waals surface area contributed by atoms with E-state index < -0.39 is 0 Å². The molecule has 0 saturated carbocycles. The summed E-state index contributed by atoms with van der Waals surface area (Å²) in [7, 11) is 0. The van der Waals surface area contributed by atoms with Gasteiger partial charge in [-0.25, -0.2) is 4.98 Å². The fraction of sp³-hybridized carbons (Fsp3) is 0.211. The standard InChI is InChI=1S/C19H17N3OS2/c1-13-8-11-22(16-4-2-3-5-17(16)25-13)19(23)15-12-24-18(21-15)14-6-9-20-10-7-14/h2-7,9-10,12-13H,8,11H2,1H3/t13-/m1/s1. The summed E-state index contributed by atoms with van der Waals surface area (Å²) in [4.78, 5) is 24.7. The van der Waals surface area contributed by atoms with Gasteiger partial charge in [0.05, 0.1) is 5.69 Å². The Morgan fingerprint density at radius 1 is 1.20 bits per heavy atom. The highest BCUT2D eigenvalue weighted by molar-refractivity contribution is 8.00. The van der Waals surface area contributed by atoms with Crippen LogP contribution in [0.25, 0.3) is 10.6 Å². The van der Waals surface area contributed by atoms with Crippen molar-refractivity contribution in [1.29, 1.82) is 0 Å². The first-order valence-corrected chi connectivity index (χ1v) is 9.92. The lowest BCUT2D eigenvalue weighted by atomic mass is 10.2. The largest absolute Gasteiger partial charge is 0.306 e. The first-order valence-electron chi connectivity index (χ1n) is 8.16. The van der Waals surface area contributed by atoms with E-state index in [0.29, 0.717) is 17.5 Å². The molecule has 0 saturated heterocycles. The lowest BCUT2D eigenvalue weighted by Crippen LogP contribution is -2.32. The van der Waals surface area contributed by atoms with Crippen molar-refractivity contribution >= 4 is 34.7 Å². The fourth-order valence-corrected chi connectivity index (χ4v) is 4.75. The Bertz CT molecular complexity index is 894. The number of thioether (sulfide) groups is 1. The number of nitrogens with zero attached hydrogens (tertiary/aromatic N) is 3. The summed E-state index contributed by atoms with van der Waals surface area (Å²) in [6.07, 6.45) is 4.44. The van der Waals surface area contributed by atoms with Gasteiger partial charge in [-0.3, -0.25) is 9.78 Å². The number of hydrogen-bond acceptors (Lipinski definition) is 5. The number of fused-ring (bicyclic) bond motifs is 1. The zero-order chi connectivity index (χ0) is 17.2. The van der Waals surface area contributed by atoms with Gasteiger partial charge in [-0.1, -0.05) is 19.1 Å². The number of thiazole rings is 1. The zero-order valence-corrected chi connectivity index (χ0v) is 15.4. The fourth-order valence-electron chi connectivity index (χ4n) is 2.84. The van der Waals surface area contributed by atoms with E-state index in [9.17, 15) is 4.79 Å². The predicted octanol–water partition coefficient (Wildman–Crippen LogP) is 4.74. The summed E-state index contributed by atoms with van der Waals surface area (Å²) >= 11 is 3.32. The minimum atomic E-state index is -0.0290. The second kappa shape index (κ2) is 6.98. The second-order valence-corrected chi connectivity index (χ2v) is 8.25. The Morgan fingerprint density at radius 3 is 2.84 bits per heavy atom. The molecule has 1 atom stereocenters. The number of hydrogen-bond donors (Lipinski definition) is 0. The van der Waals surface area contributed by atoms with Gasteiger partial charge in [0.15, 0.2) is 0 Å². The molecule has 3 aromatic rings. The predicted molar refractivity (Wildman–Crippen MR) is 103 cm³/mol. The van der Waals surface area contributed by atoms with Gasteiger partial charge >= 0.3 is 0 Å². The van der Waals surface area contributed by atoms with Crippen LogP contribution in [0.4, 0.5) is 5.69 Å². The molecule has 1 aromatic carbocycles. The maximum Gasteiger partial charge on any atom is 0.277 e. The highest BCUT2D eigenvalue weighted by Crippen LogP contribution is 2.38. The van der Waals surface area contributed by atoms with Gasteiger partial charge in [0.2, 0.25) is 0 Å². The summed E-state index contributed by atoms with van der Waals surface area (Å²) in [6, 6.07) is 11.9. The third-order valence-electron chi connectivity index (χ3n) is 4.14. The van der Waals surface area contributed by atoms with Crippen LogP contribution in [0.3, 0.4) is 0 Å². The van der Waals surface area contributed by atoms with E-state index in [1.165, 1.54) is 11.3 Å². The molecule has 1 amide bonds. The van der Waals surface area contributed by atoms with Gasteiger partial charge in [-0.15, -0.1) is 23.1 Å². The topological polar surface area (TPSA) is 46.1 Å². The monoisotopic (exact) mass is 367 g/mol. The van der Waals surface area contributed by atoms with Crippen molar-refractivity contribution in [3.8, 4) is 10.6 Å². The molecular weight excluding hydrogens is 350 g/mol. The van der Waals surface area contributed by atoms with Gasteiger partial charge in [-0.2, -0.15) is 0 Å². The van der Waals surface area contributed by atoms with Crippen molar-refractivity contribution in [2.45, 2.75) is 23.5 Å². The van der Waals surface area contributed by atoms with Crippen LogP contribution in [0.2, 0.25) is 0 Å². The molecule has 1 aliphatic heterocycles. The molecule has 3 heterocycles. The summed E-state index contributed by atoms with van der Waals surface area (Å²) in [6.45, 7) is 2.92. The molecule has 6 heteroatoms. The van der Waals surface area contributed by atoms with Gasteiger partial charge in [0.1, 0.15) is 10.7 Å². The average molecular weight is 367 g/mol. The van der Waals surface area contributed by atoms with Crippen molar-refractivity contribution in [2.24, 2.45) is 0 Å². The van der Waals surface area contributed by atoms with Crippen molar-refractivity contribution in [2.75, 3.05) is 11.4 Å². The van der Waals surface area contributed by atoms with Crippen molar-refractivity contribution in [3.63, 3.8) is 0 Å². The maximum atomic E-state index is 13.1. The van der Waals surface area contributed by atoms with Gasteiger partial charge in [0.25, 0.3) is 5.91 Å². The number of anilines is 1. The molecule has 2 aromatic heterocycles. The number of rotatable bonds is 2. The summed E-state index contributed by atoms with van der Waals surface area (Å²) < 4.78 is 0. The highest BCUT2D eigenvalue weighted by atomic mass is 32.2. The number of aromatic nitrogens is 2. The Balaban J connectivity index is 1.66. The second-order valence-electron chi connectivity index (χ2n) is 5.92. The first kappa shape index (κ1) is 16.3. The van der Waals surface area contributed by atoms with Gasteiger partial charge in [-0.05, 0) is 30.7 Å². The van der Waals surface area contributed by atoms with Crippen LogP contribution in [0.5, 0.6) is 0 Å². The molecule has 0 fully saturated rings. The third-order valence-corrected chi connectivity index (χ3v) is 6.27. The summed E-state index contributed by atoms with van der Waals surface area (Å²) in [5, 5.41) is 3.18. The Labute approximate surface area is 154 Å². The van der Waals surface area contributed by atoms with Crippen molar-refractivity contribution < 1.29 is 4.79 Å². The normalized spacial score (nSPS) is 17.0. The molecule has 1 aliphatic rings. The number of para-hydroxylation sites is 1. The lowest BCUT2D eigenvalue weighted by Gasteiger charge is -2.21. The Kier molecular flexibility index (Phi) is 4.55. The molecule has 0 radical (unpaired) electrons. The van der Waals surface area contributed by atoms with E-state index in [2.05, 4.69) is 23.0 Å². The lowest BCUT2D eigenvalue weighted by molar-refractivity contribution is 0.0982. The minimum absolute atomic E-state index is 0.0290. The van der Waals surface area contributed by atoms with Crippen LogP contribution in [0.1, 0.15) is 23.8 Å². The molecule has 25 heavy (non-hydrogen) atoms. The quantitative estimate of drug-likeness (QED) is 0.656. The molecule has 0 N–H and O–H groups in total. The SMILES string of the molecule is C[C@@H]1CCN(C(=O)c2csc(-c3ccncc3)n2)c2ccccc2S1. The first-order chi connectivity index (χ1) is 12.2. The zero-order valence-electron chi connectivity index (χ0n) is 13.8. The van der Waals surface area contributed by atoms with E-state index in [1.54, 1.807) is 12.4 Å². The molecule has 0 aliphatic carbocycles. The van der Waals surface area contributed by atoms with E-state index >= 15 is 0 Å². The Hall–Kier alpha value is -2.18. The van der Waals surface area contributed by atoms with Crippen LogP contribution in [0.15, 0.2) is 59.1 Å². The molecular formula is C19H17N3OS2. The van der Waals surface area contributed by atoms with Crippen LogP contribution in [-0.2, 0) is 0 Å². The Morgan fingerprint density at radius 2 is 2.00 bits per heavy atom. The molecule has 0 unspecified atom stereocenters. The summed E-state index contributed by atoms with van der Waals surface area (Å²) in [5.41, 5.74) is 2.48. The molecule has 4 rings (SSSR count). The third kappa shape index (κ3) is 3.32. The van der Waals surface area contributed by atoms with E-state index in [0.717, 1.165) is 27.6 Å². The minimum Gasteiger partial charge on any atom is -0.306 e. The van der Waals surface area contributed by atoms with Gasteiger partial charge < -0.3 is 4.90 Å². The van der Waals surface area contributed by atoms with E-state index in [1.807, 2.05) is 52.4 Å². The van der Waals surface area contributed by atoms with Gasteiger partial charge in [0, 0.05) is 40.0 Å². The van der Waals surface area contributed by atoms with Crippen LogP contribution >= 0.6 is 23.1 Å². The number of pyridine rings is 1. The number of amides is 1.